The summed E-state index contributed by atoms with van der Waals surface area (Å²) in [5.41, 5.74) is 1.79. The van der Waals surface area contributed by atoms with Crippen molar-refractivity contribution in [2.75, 3.05) is 12.4 Å². The predicted molar refractivity (Wildman–Crippen MR) is 94.5 cm³/mol. The van der Waals surface area contributed by atoms with Crippen LogP contribution < -0.4 is 10.1 Å². The van der Waals surface area contributed by atoms with Crippen molar-refractivity contribution in [2.24, 2.45) is 7.05 Å². The number of aryl methyl sites for hydroxylation is 1. The number of thioether (sulfide) groups is 1. The van der Waals surface area contributed by atoms with Crippen LogP contribution >= 0.6 is 11.8 Å². The standard InChI is InChI=1S/C17H17N5O2S/c1-22-16-12(8-20-22)17(19-10-18-16)25-9-15(23)21-13-6-7-24-14-5-3-2-4-11(13)14/h2-5,8,10,13H,6-7,9H2,1H3,(H,21,23). The van der Waals surface area contributed by atoms with Crippen molar-refractivity contribution in [3.05, 3.63) is 42.4 Å². The first kappa shape index (κ1) is 15.9. The van der Waals surface area contributed by atoms with Crippen LogP contribution in [0.2, 0.25) is 0 Å². The van der Waals surface area contributed by atoms with E-state index in [2.05, 4.69) is 20.4 Å². The van der Waals surface area contributed by atoms with Crippen molar-refractivity contribution < 1.29 is 9.53 Å². The molecule has 3 heterocycles. The molecule has 1 amide bonds. The maximum Gasteiger partial charge on any atom is 0.230 e. The predicted octanol–water partition coefficient (Wildman–Crippen LogP) is 2.10. The molecule has 8 heteroatoms. The van der Waals surface area contributed by atoms with Gasteiger partial charge in [0.05, 0.1) is 30.0 Å². The van der Waals surface area contributed by atoms with E-state index in [9.17, 15) is 4.79 Å². The highest BCUT2D eigenvalue weighted by Gasteiger charge is 2.22. The second kappa shape index (κ2) is 6.72. The van der Waals surface area contributed by atoms with Crippen LogP contribution in [0.15, 0.2) is 41.8 Å². The maximum atomic E-state index is 12.4. The normalized spacial score (nSPS) is 16.3. The van der Waals surface area contributed by atoms with Crippen LogP contribution in [0, 0.1) is 0 Å². The van der Waals surface area contributed by atoms with Crippen molar-refractivity contribution in [3.8, 4) is 5.75 Å². The molecule has 7 nitrogen and oxygen atoms in total. The Kier molecular flexibility index (Phi) is 4.27. The third-order valence-corrected chi connectivity index (χ3v) is 5.13. The minimum Gasteiger partial charge on any atom is -0.493 e. The second-order valence-electron chi connectivity index (χ2n) is 5.77. The number of para-hydroxylation sites is 1. The van der Waals surface area contributed by atoms with Crippen LogP contribution in [0.25, 0.3) is 11.0 Å². The largest absolute Gasteiger partial charge is 0.493 e. The molecule has 25 heavy (non-hydrogen) atoms. The zero-order valence-electron chi connectivity index (χ0n) is 13.7. The van der Waals surface area contributed by atoms with Crippen LogP contribution in [-0.2, 0) is 11.8 Å². The molecule has 1 aromatic carbocycles. The summed E-state index contributed by atoms with van der Waals surface area (Å²) in [4.78, 5) is 20.9. The van der Waals surface area contributed by atoms with Crippen LogP contribution in [0.4, 0.5) is 0 Å². The van der Waals surface area contributed by atoms with Gasteiger partial charge in [-0.05, 0) is 6.07 Å². The van der Waals surface area contributed by atoms with Crippen molar-refractivity contribution in [1.82, 2.24) is 25.1 Å². The summed E-state index contributed by atoms with van der Waals surface area (Å²) in [6.07, 6.45) is 4.00. The van der Waals surface area contributed by atoms with Crippen LogP contribution in [0.1, 0.15) is 18.0 Å². The summed E-state index contributed by atoms with van der Waals surface area (Å²) in [7, 11) is 1.83. The molecule has 0 saturated carbocycles. The third kappa shape index (κ3) is 3.17. The molecule has 0 spiro atoms. The lowest BCUT2D eigenvalue weighted by Crippen LogP contribution is -2.33. The molecule has 0 radical (unpaired) electrons. The van der Waals surface area contributed by atoms with Gasteiger partial charge in [-0.3, -0.25) is 9.48 Å². The summed E-state index contributed by atoms with van der Waals surface area (Å²) in [5, 5.41) is 8.91. The van der Waals surface area contributed by atoms with E-state index >= 15 is 0 Å². The lowest BCUT2D eigenvalue weighted by molar-refractivity contribution is -0.119. The molecule has 1 aliphatic rings. The van der Waals surface area contributed by atoms with Gasteiger partial charge in [0.15, 0.2) is 5.65 Å². The molecule has 1 N–H and O–H groups in total. The van der Waals surface area contributed by atoms with E-state index in [4.69, 9.17) is 4.74 Å². The molecular weight excluding hydrogens is 338 g/mol. The summed E-state index contributed by atoms with van der Waals surface area (Å²) >= 11 is 1.39. The van der Waals surface area contributed by atoms with Gasteiger partial charge in [0, 0.05) is 19.0 Å². The molecule has 0 aliphatic carbocycles. The Hall–Kier alpha value is -2.61. The number of fused-ring (bicyclic) bond motifs is 2. The first-order valence-electron chi connectivity index (χ1n) is 7.99. The van der Waals surface area contributed by atoms with E-state index in [-0.39, 0.29) is 11.9 Å². The van der Waals surface area contributed by atoms with E-state index in [1.807, 2.05) is 31.3 Å². The van der Waals surface area contributed by atoms with Crippen LogP contribution in [0.3, 0.4) is 0 Å². The minimum atomic E-state index is -0.0256. The van der Waals surface area contributed by atoms with Gasteiger partial charge < -0.3 is 10.1 Å². The Morgan fingerprint density at radius 1 is 1.40 bits per heavy atom. The minimum absolute atomic E-state index is 0.0122. The van der Waals surface area contributed by atoms with E-state index < -0.39 is 0 Å². The van der Waals surface area contributed by atoms with E-state index in [1.54, 1.807) is 10.9 Å². The van der Waals surface area contributed by atoms with E-state index in [0.717, 1.165) is 33.8 Å². The fourth-order valence-corrected chi connectivity index (χ4v) is 3.69. The Bertz CT molecular complexity index is 926. The number of benzene rings is 1. The topological polar surface area (TPSA) is 81.9 Å². The number of aromatic nitrogens is 4. The lowest BCUT2D eigenvalue weighted by atomic mass is 10.0. The Morgan fingerprint density at radius 3 is 3.20 bits per heavy atom. The van der Waals surface area contributed by atoms with Crippen molar-refractivity contribution in [3.63, 3.8) is 0 Å². The van der Waals surface area contributed by atoms with Crippen LogP contribution in [-0.4, -0.2) is 38.0 Å². The van der Waals surface area contributed by atoms with Gasteiger partial charge in [0.2, 0.25) is 5.91 Å². The van der Waals surface area contributed by atoms with Gasteiger partial charge >= 0.3 is 0 Å². The molecule has 4 rings (SSSR count). The zero-order valence-corrected chi connectivity index (χ0v) is 14.5. The Labute approximate surface area is 148 Å². The van der Waals surface area contributed by atoms with Crippen molar-refractivity contribution >= 4 is 28.7 Å². The molecule has 128 valence electrons. The van der Waals surface area contributed by atoms with Gasteiger partial charge in [-0.25, -0.2) is 9.97 Å². The molecule has 1 aliphatic heterocycles. The van der Waals surface area contributed by atoms with Gasteiger partial charge in [0.25, 0.3) is 0 Å². The quantitative estimate of drug-likeness (QED) is 0.570. The first-order chi connectivity index (χ1) is 12.2. The SMILES string of the molecule is Cn1ncc2c(SCC(=O)NC3CCOc4ccccc43)ncnc21. The highest BCUT2D eigenvalue weighted by Crippen LogP contribution is 2.31. The Morgan fingerprint density at radius 2 is 2.28 bits per heavy atom. The molecule has 1 atom stereocenters. The number of nitrogens with zero attached hydrogens (tertiary/aromatic N) is 4. The monoisotopic (exact) mass is 355 g/mol. The zero-order chi connectivity index (χ0) is 17.2. The van der Waals surface area contributed by atoms with Crippen LogP contribution in [0.5, 0.6) is 5.75 Å². The number of hydrogen-bond donors (Lipinski definition) is 1. The van der Waals surface area contributed by atoms with Gasteiger partial charge in [-0.1, -0.05) is 30.0 Å². The number of amides is 1. The number of carbonyl (C=O) groups excluding carboxylic acids is 1. The number of hydrogen-bond acceptors (Lipinski definition) is 6. The van der Waals surface area contributed by atoms with Gasteiger partial charge in [-0.2, -0.15) is 5.10 Å². The fourth-order valence-electron chi connectivity index (χ4n) is 2.92. The smallest absolute Gasteiger partial charge is 0.230 e. The highest BCUT2D eigenvalue weighted by atomic mass is 32.2. The average molecular weight is 355 g/mol. The summed E-state index contributed by atoms with van der Waals surface area (Å²) in [5.74, 6) is 1.11. The Balaban J connectivity index is 1.43. The van der Waals surface area contributed by atoms with Gasteiger partial charge in [0.1, 0.15) is 17.1 Å². The lowest BCUT2D eigenvalue weighted by Gasteiger charge is -2.26. The second-order valence-corrected chi connectivity index (χ2v) is 6.73. The number of rotatable bonds is 4. The first-order valence-corrected chi connectivity index (χ1v) is 8.97. The van der Waals surface area contributed by atoms with E-state index in [1.165, 1.54) is 18.1 Å². The summed E-state index contributed by atoms with van der Waals surface area (Å²) < 4.78 is 7.33. The fraction of sp³-hybridized carbons (Fsp3) is 0.294. The molecule has 0 fully saturated rings. The number of nitrogens with one attached hydrogen (secondary N) is 1. The third-order valence-electron chi connectivity index (χ3n) is 4.13. The molecule has 0 saturated heterocycles. The molecule has 0 bridgehead atoms. The maximum absolute atomic E-state index is 12.4. The highest BCUT2D eigenvalue weighted by molar-refractivity contribution is 8.00. The van der Waals surface area contributed by atoms with Gasteiger partial charge in [-0.15, -0.1) is 0 Å². The summed E-state index contributed by atoms with van der Waals surface area (Å²) in [6, 6.07) is 7.81. The van der Waals surface area contributed by atoms with Crippen molar-refractivity contribution in [2.45, 2.75) is 17.5 Å². The molecule has 2 aromatic heterocycles. The van der Waals surface area contributed by atoms with Crippen molar-refractivity contribution in [1.29, 1.82) is 0 Å². The average Bonchev–Trinajstić information content (AvgIpc) is 3.02. The molecule has 3 aromatic rings. The number of ether oxygens (including phenoxy) is 1. The number of carbonyl (C=O) groups is 1. The van der Waals surface area contributed by atoms with E-state index in [0.29, 0.717) is 12.4 Å². The molecule has 1 unspecified atom stereocenters. The summed E-state index contributed by atoms with van der Waals surface area (Å²) in [6.45, 7) is 0.608. The molecular formula is C17H17N5O2S.